The second kappa shape index (κ2) is 7.35. The highest BCUT2D eigenvalue weighted by molar-refractivity contribution is 7.90. The first-order chi connectivity index (χ1) is 12.3. The lowest BCUT2D eigenvalue weighted by molar-refractivity contribution is -0.115. The molecule has 0 aliphatic rings. The molecule has 1 N–H and O–H groups in total. The molecule has 0 bridgehead atoms. The molecule has 0 spiro atoms. The molecule has 3 aromatic rings. The minimum atomic E-state index is -3.33. The second-order valence-electron chi connectivity index (χ2n) is 5.83. The highest BCUT2D eigenvalue weighted by Gasteiger charge is 2.13. The summed E-state index contributed by atoms with van der Waals surface area (Å²) < 4.78 is 23.4. The van der Waals surface area contributed by atoms with Gasteiger partial charge in [-0.2, -0.15) is 0 Å². The fraction of sp³-hybridized carbons (Fsp3) is 0.167. The van der Waals surface area contributed by atoms with E-state index in [2.05, 4.69) is 15.3 Å². The second-order valence-corrected chi connectivity index (χ2v) is 8.71. The number of aromatic nitrogens is 2. The number of sulfone groups is 1. The number of anilines is 1. The Morgan fingerprint density at radius 2 is 2.04 bits per heavy atom. The van der Waals surface area contributed by atoms with Crippen molar-refractivity contribution >= 4 is 32.8 Å². The minimum absolute atomic E-state index is 0.103. The van der Waals surface area contributed by atoms with Crippen LogP contribution in [0.2, 0.25) is 0 Å². The number of aryl methyl sites for hydroxylation is 1. The highest BCUT2D eigenvalue weighted by atomic mass is 32.2. The van der Waals surface area contributed by atoms with Gasteiger partial charge >= 0.3 is 0 Å². The first-order valence-corrected chi connectivity index (χ1v) is 10.6. The van der Waals surface area contributed by atoms with Gasteiger partial charge in [-0.25, -0.2) is 13.4 Å². The molecule has 26 heavy (non-hydrogen) atoms. The molecule has 0 saturated heterocycles. The molecule has 3 rings (SSSR count). The number of hydrogen-bond donors (Lipinski definition) is 1. The SMILES string of the molecule is Cc1ccc(S(C)(=O)=O)cc1NC(=O)Cc1csc(-c2ccccn2)n1. The molecule has 0 unspecified atom stereocenters. The van der Waals surface area contributed by atoms with E-state index in [0.29, 0.717) is 11.4 Å². The van der Waals surface area contributed by atoms with Crippen LogP contribution in [0.1, 0.15) is 11.3 Å². The van der Waals surface area contributed by atoms with Crippen molar-refractivity contribution in [2.75, 3.05) is 11.6 Å². The quantitative estimate of drug-likeness (QED) is 0.727. The summed E-state index contributed by atoms with van der Waals surface area (Å²) in [5.74, 6) is -0.253. The van der Waals surface area contributed by atoms with Crippen LogP contribution in [0.15, 0.2) is 52.9 Å². The van der Waals surface area contributed by atoms with Crippen molar-refractivity contribution < 1.29 is 13.2 Å². The zero-order valence-electron chi connectivity index (χ0n) is 14.3. The van der Waals surface area contributed by atoms with E-state index in [1.165, 1.54) is 23.5 Å². The maximum atomic E-state index is 12.3. The van der Waals surface area contributed by atoms with Crippen molar-refractivity contribution in [1.29, 1.82) is 0 Å². The molecular formula is C18H17N3O3S2. The molecule has 0 fully saturated rings. The Balaban J connectivity index is 1.73. The van der Waals surface area contributed by atoms with E-state index in [4.69, 9.17) is 0 Å². The number of nitrogens with one attached hydrogen (secondary N) is 1. The Kier molecular flexibility index (Phi) is 5.15. The van der Waals surface area contributed by atoms with Gasteiger partial charge in [0, 0.05) is 23.5 Å². The molecule has 1 aromatic carbocycles. The molecule has 1 amide bonds. The zero-order valence-corrected chi connectivity index (χ0v) is 15.9. The molecular weight excluding hydrogens is 370 g/mol. The van der Waals surface area contributed by atoms with Crippen molar-refractivity contribution in [1.82, 2.24) is 9.97 Å². The number of thiazole rings is 1. The molecule has 0 aliphatic carbocycles. The largest absolute Gasteiger partial charge is 0.325 e. The van der Waals surface area contributed by atoms with E-state index < -0.39 is 9.84 Å². The summed E-state index contributed by atoms with van der Waals surface area (Å²) in [6.45, 7) is 1.81. The lowest BCUT2D eigenvalue weighted by atomic mass is 10.2. The van der Waals surface area contributed by atoms with Crippen LogP contribution < -0.4 is 5.32 Å². The predicted octanol–water partition coefficient (Wildman–Crippen LogP) is 3.10. The predicted molar refractivity (Wildman–Crippen MR) is 102 cm³/mol. The lowest BCUT2D eigenvalue weighted by Crippen LogP contribution is -2.15. The smallest absolute Gasteiger partial charge is 0.230 e. The number of hydrogen-bond acceptors (Lipinski definition) is 6. The average molecular weight is 387 g/mol. The van der Waals surface area contributed by atoms with Gasteiger partial charge in [0.05, 0.1) is 22.7 Å². The fourth-order valence-electron chi connectivity index (χ4n) is 2.32. The minimum Gasteiger partial charge on any atom is -0.325 e. The van der Waals surface area contributed by atoms with Crippen LogP contribution in [0.25, 0.3) is 10.7 Å². The van der Waals surface area contributed by atoms with E-state index in [1.807, 2.05) is 30.5 Å². The summed E-state index contributed by atoms with van der Waals surface area (Å²) in [4.78, 5) is 21.2. The number of nitrogens with zero attached hydrogens (tertiary/aromatic N) is 2. The number of carbonyl (C=O) groups excluding carboxylic acids is 1. The number of carbonyl (C=O) groups is 1. The normalized spacial score (nSPS) is 11.3. The summed E-state index contributed by atoms with van der Waals surface area (Å²) in [6, 6.07) is 10.3. The van der Waals surface area contributed by atoms with Gasteiger partial charge < -0.3 is 5.32 Å². The van der Waals surface area contributed by atoms with Crippen LogP contribution in [-0.2, 0) is 21.1 Å². The van der Waals surface area contributed by atoms with Gasteiger partial charge in [-0.15, -0.1) is 11.3 Å². The highest BCUT2D eigenvalue weighted by Crippen LogP contribution is 2.23. The van der Waals surface area contributed by atoms with E-state index in [1.54, 1.807) is 12.3 Å². The van der Waals surface area contributed by atoms with Crippen molar-refractivity contribution in [3.63, 3.8) is 0 Å². The Hall–Kier alpha value is -2.58. The van der Waals surface area contributed by atoms with Crippen LogP contribution in [0.3, 0.4) is 0 Å². The number of rotatable bonds is 5. The van der Waals surface area contributed by atoms with Crippen molar-refractivity contribution in [2.24, 2.45) is 0 Å². The standard InChI is InChI=1S/C18H17N3O3S2/c1-12-6-7-14(26(2,23)24)10-16(12)21-17(22)9-13-11-25-18(20-13)15-5-3-4-8-19-15/h3-8,10-11H,9H2,1-2H3,(H,21,22). The molecule has 0 aliphatic heterocycles. The summed E-state index contributed by atoms with van der Waals surface area (Å²) in [5.41, 5.74) is 2.68. The summed E-state index contributed by atoms with van der Waals surface area (Å²) >= 11 is 1.43. The summed E-state index contributed by atoms with van der Waals surface area (Å²) in [6.07, 6.45) is 2.93. The molecule has 6 nitrogen and oxygen atoms in total. The Bertz CT molecular complexity index is 1040. The van der Waals surface area contributed by atoms with Crippen molar-refractivity contribution in [3.8, 4) is 10.7 Å². The van der Waals surface area contributed by atoms with Gasteiger partial charge in [0.15, 0.2) is 9.84 Å². The topological polar surface area (TPSA) is 89.0 Å². The van der Waals surface area contributed by atoms with Crippen LogP contribution in [-0.4, -0.2) is 30.5 Å². The number of pyridine rings is 1. The van der Waals surface area contributed by atoms with Gasteiger partial charge in [-0.05, 0) is 36.8 Å². The van der Waals surface area contributed by atoms with Crippen LogP contribution in [0.4, 0.5) is 5.69 Å². The van der Waals surface area contributed by atoms with Gasteiger partial charge in [-0.3, -0.25) is 9.78 Å². The first-order valence-electron chi connectivity index (χ1n) is 7.79. The summed E-state index contributed by atoms with van der Waals surface area (Å²) in [5, 5.41) is 5.34. The molecule has 0 radical (unpaired) electrons. The van der Waals surface area contributed by atoms with E-state index in [0.717, 1.165) is 22.5 Å². The maximum absolute atomic E-state index is 12.3. The van der Waals surface area contributed by atoms with Crippen LogP contribution >= 0.6 is 11.3 Å². The monoisotopic (exact) mass is 387 g/mol. The number of benzene rings is 1. The van der Waals surface area contributed by atoms with E-state index in [9.17, 15) is 13.2 Å². The third-order valence-electron chi connectivity index (χ3n) is 3.69. The molecule has 8 heteroatoms. The van der Waals surface area contributed by atoms with Gasteiger partial charge in [0.1, 0.15) is 5.01 Å². The number of amides is 1. The molecule has 2 heterocycles. The first kappa shape index (κ1) is 18.2. The average Bonchev–Trinajstić information content (AvgIpc) is 3.05. The lowest BCUT2D eigenvalue weighted by Gasteiger charge is -2.09. The van der Waals surface area contributed by atoms with Crippen LogP contribution in [0.5, 0.6) is 0 Å². The van der Waals surface area contributed by atoms with E-state index in [-0.39, 0.29) is 17.2 Å². The summed E-state index contributed by atoms with van der Waals surface area (Å²) in [7, 11) is -3.33. The van der Waals surface area contributed by atoms with Gasteiger partial charge in [0.2, 0.25) is 5.91 Å². The van der Waals surface area contributed by atoms with Crippen LogP contribution in [0, 0.1) is 6.92 Å². The third-order valence-corrected chi connectivity index (χ3v) is 5.71. The Labute approximate surface area is 155 Å². The molecule has 2 aromatic heterocycles. The zero-order chi connectivity index (χ0) is 18.7. The fourth-order valence-corrected chi connectivity index (χ4v) is 3.76. The molecule has 134 valence electrons. The van der Waals surface area contributed by atoms with Crippen molar-refractivity contribution in [3.05, 3.63) is 59.2 Å². The van der Waals surface area contributed by atoms with E-state index >= 15 is 0 Å². The van der Waals surface area contributed by atoms with Crippen molar-refractivity contribution in [2.45, 2.75) is 18.2 Å². The molecule has 0 atom stereocenters. The Morgan fingerprint density at radius 3 is 2.73 bits per heavy atom. The molecule has 0 saturated carbocycles. The third kappa shape index (κ3) is 4.33. The Morgan fingerprint density at radius 1 is 1.23 bits per heavy atom. The van der Waals surface area contributed by atoms with Gasteiger partial charge in [0.25, 0.3) is 0 Å². The maximum Gasteiger partial charge on any atom is 0.230 e. The van der Waals surface area contributed by atoms with Gasteiger partial charge in [-0.1, -0.05) is 12.1 Å².